The van der Waals surface area contributed by atoms with Crippen molar-refractivity contribution in [1.82, 2.24) is 15.5 Å². The summed E-state index contributed by atoms with van der Waals surface area (Å²) < 4.78 is 0.930. The van der Waals surface area contributed by atoms with E-state index in [0.717, 1.165) is 73.6 Å². The smallest absolute Gasteiger partial charge is 0.242 e. The summed E-state index contributed by atoms with van der Waals surface area (Å²) in [6, 6.07) is 14.6. The van der Waals surface area contributed by atoms with Gasteiger partial charge in [-0.25, -0.2) is 0 Å². The number of halogens is 1. The molecule has 1 heterocycles. The lowest BCUT2D eigenvalue weighted by Gasteiger charge is -2.34. The Labute approximate surface area is 251 Å². The lowest BCUT2D eigenvalue weighted by Crippen LogP contribution is -2.53. The number of benzene rings is 2. The summed E-state index contributed by atoms with van der Waals surface area (Å²) in [6.07, 6.45) is 7.32. The third-order valence-corrected chi connectivity index (χ3v) is 9.04. The van der Waals surface area contributed by atoms with Crippen molar-refractivity contribution in [2.75, 3.05) is 19.6 Å². The van der Waals surface area contributed by atoms with Gasteiger partial charge in [0.05, 0.1) is 5.92 Å². The summed E-state index contributed by atoms with van der Waals surface area (Å²) in [4.78, 5) is 29.5. The van der Waals surface area contributed by atoms with E-state index < -0.39 is 12.0 Å². The van der Waals surface area contributed by atoms with Crippen molar-refractivity contribution in [3.8, 4) is 0 Å². The van der Waals surface area contributed by atoms with Crippen molar-refractivity contribution in [1.29, 1.82) is 10.8 Å². The molecule has 10 heteroatoms. The third-order valence-electron chi connectivity index (χ3n) is 8.52. The van der Waals surface area contributed by atoms with Crippen molar-refractivity contribution in [3.63, 3.8) is 0 Å². The van der Waals surface area contributed by atoms with E-state index in [1.165, 1.54) is 0 Å². The largest absolute Gasteiger partial charge is 0.384 e. The van der Waals surface area contributed by atoms with Gasteiger partial charge in [-0.3, -0.25) is 20.4 Å². The van der Waals surface area contributed by atoms with Gasteiger partial charge in [0.25, 0.3) is 0 Å². The van der Waals surface area contributed by atoms with Gasteiger partial charge in [-0.2, -0.15) is 0 Å². The molecule has 0 bridgehead atoms. The molecule has 2 atom stereocenters. The summed E-state index contributed by atoms with van der Waals surface area (Å²) in [6.45, 7) is 2.00. The number of piperidine rings is 1. The number of guanidine groups is 1. The monoisotopic (exact) mass is 623 g/mol. The van der Waals surface area contributed by atoms with Crippen LogP contribution in [0.3, 0.4) is 0 Å². The molecule has 0 spiro atoms. The number of carbonyl (C=O) groups excluding carboxylic acids is 2. The van der Waals surface area contributed by atoms with Crippen LogP contribution in [0.15, 0.2) is 53.0 Å². The number of nitrogens with zero attached hydrogens (tertiary/aromatic N) is 1. The Bertz CT molecular complexity index is 1200. The summed E-state index contributed by atoms with van der Waals surface area (Å²) >= 11 is 3.49. The molecule has 1 saturated heterocycles. The SMILES string of the molecule is N=C(N)c1ccc(CC(C(=O)NC(C(=O)NCC2CCN(C(=N)N)CC2)C2CCCCC2)c2ccc(Br)cc2)cc1. The number of amidine groups is 1. The van der Waals surface area contributed by atoms with Crippen LogP contribution in [0, 0.1) is 22.7 Å². The molecule has 2 aliphatic rings. The number of hydrogen-bond acceptors (Lipinski definition) is 4. The quantitative estimate of drug-likeness (QED) is 0.175. The molecule has 2 aromatic rings. The Balaban J connectivity index is 1.49. The lowest BCUT2D eigenvalue weighted by atomic mass is 9.82. The predicted molar refractivity (Wildman–Crippen MR) is 166 cm³/mol. The van der Waals surface area contributed by atoms with Gasteiger partial charge in [0.1, 0.15) is 11.9 Å². The normalized spacial score (nSPS) is 17.8. The van der Waals surface area contributed by atoms with Gasteiger partial charge in [0.2, 0.25) is 11.8 Å². The molecule has 8 N–H and O–H groups in total. The van der Waals surface area contributed by atoms with Crippen LogP contribution in [-0.4, -0.2) is 54.2 Å². The number of hydrogen-bond donors (Lipinski definition) is 6. The Morgan fingerprint density at radius 1 is 0.902 bits per heavy atom. The van der Waals surface area contributed by atoms with Crippen molar-refractivity contribution in [2.45, 2.75) is 63.3 Å². The average molecular weight is 625 g/mol. The van der Waals surface area contributed by atoms with Gasteiger partial charge in [-0.1, -0.05) is 71.6 Å². The van der Waals surface area contributed by atoms with Crippen LogP contribution >= 0.6 is 15.9 Å². The van der Waals surface area contributed by atoms with E-state index in [-0.39, 0.29) is 29.5 Å². The van der Waals surface area contributed by atoms with Gasteiger partial charge in [-0.15, -0.1) is 0 Å². The topological polar surface area (TPSA) is 161 Å². The summed E-state index contributed by atoms with van der Waals surface area (Å²) in [5.41, 5.74) is 13.7. The fraction of sp³-hybridized carbons (Fsp3) is 0.484. The van der Waals surface area contributed by atoms with Crippen LogP contribution in [0.4, 0.5) is 0 Å². The number of likely N-dealkylation sites (tertiary alicyclic amines) is 1. The Hall–Kier alpha value is -3.40. The number of nitrogens with one attached hydrogen (secondary N) is 4. The van der Waals surface area contributed by atoms with Gasteiger partial charge in [0.15, 0.2) is 5.96 Å². The first-order valence-corrected chi connectivity index (χ1v) is 15.4. The van der Waals surface area contributed by atoms with Gasteiger partial charge in [0, 0.05) is 29.7 Å². The van der Waals surface area contributed by atoms with Gasteiger partial charge >= 0.3 is 0 Å². The van der Waals surface area contributed by atoms with Crippen LogP contribution < -0.4 is 22.1 Å². The number of carbonyl (C=O) groups is 2. The predicted octanol–water partition coefficient (Wildman–Crippen LogP) is 3.85. The molecule has 2 aromatic carbocycles. The maximum absolute atomic E-state index is 14.0. The molecule has 2 fully saturated rings. The van der Waals surface area contributed by atoms with Gasteiger partial charge in [-0.05, 0) is 67.2 Å². The van der Waals surface area contributed by atoms with Crippen LogP contribution in [0.1, 0.15) is 67.6 Å². The van der Waals surface area contributed by atoms with E-state index in [4.69, 9.17) is 22.3 Å². The zero-order valence-corrected chi connectivity index (χ0v) is 25.1. The standard InChI is InChI=1S/C31H42BrN7O2/c32-25-12-10-22(11-13-25)26(18-20-6-8-24(9-7-20)28(33)34)29(40)38-27(23-4-2-1-3-5-23)30(41)37-19-21-14-16-39(17-15-21)31(35)36/h6-13,21,23,26-27H,1-5,14-19H2,(H3,33,34)(H3,35,36)(H,37,41)(H,38,40). The van der Waals surface area contributed by atoms with Gasteiger partial charge < -0.3 is 27.0 Å². The first-order chi connectivity index (χ1) is 19.7. The number of rotatable bonds is 10. The molecule has 1 saturated carbocycles. The first-order valence-electron chi connectivity index (χ1n) is 14.6. The van der Waals surface area contributed by atoms with Crippen LogP contribution in [-0.2, 0) is 16.0 Å². The number of nitrogen functional groups attached to an aromatic ring is 1. The fourth-order valence-electron chi connectivity index (χ4n) is 5.96. The Morgan fingerprint density at radius 2 is 1.54 bits per heavy atom. The second kappa shape index (κ2) is 14.5. The van der Waals surface area contributed by atoms with E-state index in [9.17, 15) is 9.59 Å². The molecule has 4 rings (SSSR count). The zero-order chi connectivity index (χ0) is 29.4. The minimum Gasteiger partial charge on any atom is -0.384 e. The van der Waals surface area contributed by atoms with E-state index in [2.05, 4.69) is 26.6 Å². The van der Waals surface area contributed by atoms with Crippen LogP contribution in [0.2, 0.25) is 0 Å². The minimum absolute atomic E-state index is 0.00416. The van der Waals surface area contributed by atoms with E-state index >= 15 is 0 Å². The molecular weight excluding hydrogens is 582 g/mol. The second-order valence-electron chi connectivity index (χ2n) is 11.4. The zero-order valence-electron chi connectivity index (χ0n) is 23.5. The van der Waals surface area contributed by atoms with E-state index in [0.29, 0.717) is 24.4 Å². The van der Waals surface area contributed by atoms with Crippen LogP contribution in [0.25, 0.3) is 0 Å². The molecule has 0 aromatic heterocycles. The molecular formula is C31H42BrN7O2. The van der Waals surface area contributed by atoms with Crippen molar-refractivity contribution < 1.29 is 9.59 Å². The number of amides is 2. The highest BCUT2D eigenvalue weighted by Gasteiger charge is 2.34. The molecule has 41 heavy (non-hydrogen) atoms. The van der Waals surface area contributed by atoms with Crippen molar-refractivity contribution >= 4 is 39.5 Å². The average Bonchev–Trinajstić information content (AvgIpc) is 2.98. The Morgan fingerprint density at radius 3 is 2.12 bits per heavy atom. The molecule has 2 unspecified atom stereocenters. The maximum Gasteiger partial charge on any atom is 0.242 e. The number of nitrogens with two attached hydrogens (primary N) is 2. The molecule has 220 valence electrons. The second-order valence-corrected chi connectivity index (χ2v) is 12.3. The third kappa shape index (κ3) is 8.55. The van der Waals surface area contributed by atoms with Crippen LogP contribution in [0.5, 0.6) is 0 Å². The fourth-order valence-corrected chi connectivity index (χ4v) is 6.23. The highest BCUT2D eigenvalue weighted by molar-refractivity contribution is 9.10. The molecule has 9 nitrogen and oxygen atoms in total. The molecule has 1 aliphatic carbocycles. The Kier molecular flexibility index (Phi) is 10.8. The maximum atomic E-state index is 14.0. The minimum atomic E-state index is -0.585. The molecule has 2 amide bonds. The first kappa shape index (κ1) is 30.6. The summed E-state index contributed by atoms with van der Waals surface area (Å²) in [5, 5.41) is 21.7. The highest BCUT2D eigenvalue weighted by Crippen LogP contribution is 2.29. The van der Waals surface area contributed by atoms with Crippen molar-refractivity contribution in [2.24, 2.45) is 23.3 Å². The van der Waals surface area contributed by atoms with Crippen molar-refractivity contribution in [3.05, 3.63) is 69.7 Å². The summed E-state index contributed by atoms with van der Waals surface area (Å²) in [5.74, 6) is -0.227. The molecule has 1 aliphatic heterocycles. The lowest BCUT2D eigenvalue weighted by molar-refractivity contribution is -0.131. The van der Waals surface area contributed by atoms with E-state index in [1.54, 1.807) is 12.1 Å². The van der Waals surface area contributed by atoms with E-state index in [1.807, 2.05) is 41.3 Å². The summed E-state index contributed by atoms with van der Waals surface area (Å²) in [7, 11) is 0. The highest BCUT2D eigenvalue weighted by atomic mass is 79.9. The molecule has 0 radical (unpaired) electrons.